The van der Waals surface area contributed by atoms with E-state index in [-0.39, 0.29) is 0 Å². The quantitative estimate of drug-likeness (QED) is 0.180. The van der Waals surface area contributed by atoms with E-state index in [9.17, 15) is 0 Å². The summed E-state index contributed by atoms with van der Waals surface area (Å²) in [7, 11) is 0. The summed E-state index contributed by atoms with van der Waals surface area (Å²) in [5.74, 6) is 0. The van der Waals surface area contributed by atoms with Gasteiger partial charge < -0.3 is 4.57 Å². The Bertz CT molecular complexity index is 2660. The van der Waals surface area contributed by atoms with Crippen LogP contribution in [0.15, 0.2) is 140 Å². The topological polar surface area (TPSA) is 4.93 Å². The standard InChI is InChI=1S/C43H29NS2/c1-3-12-39-30(4-2)35-26-29(22-24-40(35)45-39)31-16-11-20-41-42(31)33-17-10-19-38(43(33)46-41)44-36-18-9-8-15-32(36)34-25-28(21-23-37(34)44)27-13-6-5-7-14-27/h3-26H,2H2,1H3/b12-3-. The van der Waals surface area contributed by atoms with Gasteiger partial charge in [0.15, 0.2) is 0 Å². The van der Waals surface area contributed by atoms with Gasteiger partial charge in [0.2, 0.25) is 0 Å². The van der Waals surface area contributed by atoms with Crippen molar-refractivity contribution < 1.29 is 0 Å². The number of rotatable bonds is 5. The monoisotopic (exact) mass is 623 g/mol. The summed E-state index contributed by atoms with van der Waals surface area (Å²) in [5.41, 5.74) is 9.87. The summed E-state index contributed by atoms with van der Waals surface area (Å²) in [6.07, 6.45) is 6.29. The van der Waals surface area contributed by atoms with E-state index in [1.54, 1.807) is 0 Å². The first-order valence-electron chi connectivity index (χ1n) is 15.6. The van der Waals surface area contributed by atoms with Crippen molar-refractivity contribution in [2.24, 2.45) is 0 Å². The fourth-order valence-corrected chi connectivity index (χ4v) is 9.47. The highest BCUT2D eigenvalue weighted by atomic mass is 32.1. The van der Waals surface area contributed by atoms with E-state index < -0.39 is 0 Å². The van der Waals surface area contributed by atoms with E-state index in [1.807, 2.05) is 28.7 Å². The molecule has 3 aromatic heterocycles. The highest BCUT2D eigenvalue weighted by Gasteiger charge is 2.19. The molecule has 9 rings (SSSR count). The molecule has 0 aliphatic heterocycles. The molecule has 0 saturated carbocycles. The van der Waals surface area contributed by atoms with E-state index in [0.29, 0.717) is 0 Å². The second kappa shape index (κ2) is 10.7. The van der Waals surface area contributed by atoms with Crippen LogP contribution in [0, 0.1) is 0 Å². The SMILES string of the molecule is C=Cc1c(/C=C\C)sc2ccc(-c3cccc4sc5c(-n6c7ccccc7c7cc(-c8ccccc8)ccc76)cccc5c34)cc12. The molecule has 3 heterocycles. The molecule has 0 saturated heterocycles. The fraction of sp³-hybridized carbons (Fsp3) is 0.0233. The predicted octanol–water partition coefficient (Wildman–Crippen LogP) is 13.4. The number of allylic oxidation sites excluding steroid dienone is 1. The summed E-state index contributed by atoms with van der Waals surface area (Å²) in [5, 5.41) is 6.43. The molecule has 0 aliphatic rings. The normalized spacial score (nSPS) is 12.0. The molecule has 0 atom stereocenters. The van der Waals surface area contributed by atoms with Gasteiger partial charge >= 0.3 is 0 Å². The zero-order valence-electron chi connectivity index (χ0n) is 25.3. The summed E-state index contributed by atoms with van der Waals surface area (Å²) in [4.78, 5) is 1.26. The third kappa shape index (κ3) is 4.06. The van der Waals surface area contributed by atoms with Crippen LogP contribution in [0.1, 0.15) is 17.4 Å². The van der Waals surface area contributed by atoms with Crippen molar-refractivity contribution in [3.63, 3.8) is 0 Å². The Morgan fingerprint density at radius 1 is 0.587 bits per heavy atom. The third-order valence-electron chi connectivity index (χ3n) is 9.11. The van der Waals surface area contributed by atoms with Gasteiger partial charge in [-0.1, -0.05) is 104 Å². The molecular weight excluding hydrogens is 595 g/mol. The lowest BCUT2D eigenvalue weighted by molar-refractivity contribution is 1.20. The molecule has 1 nitrogen and oxygen atoms in total. The summed E-state index contributed by atoms with van der Waals surface area (Å²) in [6.45, 7) is 6.22. The average molecular weight is 624 g/mol. The lowest BCUT2D eigenvalue weighted by Gasteiger charge is -2.10. The van der Waals surface area contributed by atoms with Gasteiger partial charge in [-0.2, -0.15) is 0 Å². The maximum absolute atomic E-state index is 4.15. The molecule has 218 valence electrons. The van der Waals surface area contributed by atoms with Crippen LogP contribution in [0.3, 0.4) is 0 Å². The van der Waals surface area contributed by atoms with Crippen molar-refractivity contribution in [2.45, 2.75) is 6.92 Å². The number of benzene rings is 6. The number of para-hydroxylation sites is 1. The van der Waals surface area contributed by atoms with E-state index >= 15 is 0 Å². The summed E-state index contributed by atoms with van der Waals surface area (Å²) < 4.78 is 6.36. The van der Waals surface area contributed by atoms with Gasteiger partial charge in [0, 0.05) is 41.2 Å². The summed E-state index contributed by atoms with van der Waals surface area (Å²) in [6, 6.07) is 46.9. The zero-order valence-corrected chi connectivity index (χ0v) is 27.0. The van der Waals surface area contributed by atoms with Crippen molar-refractivity contribution in [3.05, 3.63) is 150 Å². The summed E-state index contributed by atoms with van der Waals surface area (Å²) >= 11 is 3.72. The van der Waals surface area contributed by atoms with Gasteiger partial charge in [-0.05, 0) is 83.3 Å². The number of fused-ring (bicyclic) bond motifs is 7. The molecular formula is C43H29NS2. The van der Waals surface area contributed by atoms with Gasteiger partial charge in [0.05, 0.1) is 21.4 Å². The molecule has 6 aromatic carbocycles. The first-order valence-corrected chi connectivity index (χ1v) is 17.2. The molecule has 0 radical (unpaired) electrons. The molecule has 3 heteroatoms. The van der Waals surface area contributed by atoms with E-state index in [4.69, 9.17) is 0 Å². The number of hydrogen-bond donors (Lipinski definition) is 0. The minimum atomic E-state index is 1.21. The first kappa shape index (κ1) is 27.1. The molecule has 0 amide bonds. The Hall–Kier alpha value is -5.22. The molecule has 0 N–H and O–H groups in total. The minimum Gasteiger partial charge on any atom is -0.308 e. The molecule has 9 aromatic rings. The van der Waals surface area contributed by atoms with Crippen LogP contribution in [-0.4, -0.2) is 4.57 Å². The molecule has 46 heavy (non-hydrogen) atoms. The van der Waals surface area contributed by atoms with Crippen LogP contribution in [0.4, 0.5) is 0 Å². The zero-order chi connectivity index (χ0) is 30.8. The predicted molar refractivity (Wildman–Crippen MR) is 205 cm³/mol. The Kier molecular flexibility index (Phi) is 6.31. The molecule has 0 unspecified atom stereocenters. The second-order valence-corrected chi connectivity index (χ2v) is 13.8. The number of hydrogen-bond acceptors (Lipinski definition) is 2. The Balaban J connectivity index is 1.28. The van der Waals surface area contributed by atoms with Crippen molar-refractivity contribution in [2.75, 3.05) is 0 Å². The number of aromatic nitrogens is 1. The lowest BCUT2D eigenvalue weighted by atomic mass is 9.97. The third-order valence-corrected chi connectivity index (χ3v) is 11.5. The molecule has 0 spiro atoms. The van der Waals surface area contributed by atoms with Gasteiger partial charge in [-0.15, -0.1) is 22.7 Å². The van der Waals surface area contributed by atoms with E-state index in [2.05, 4.69) is 158 Å². The van der Waals surface area contributed by atoms with Crippen LogP contribution in [0.25, 0.3) is 92.2 Å². The maximum Gasteiger partial charge on any atom is 0.0640 e. The Morgan fingerprint density at radius 2 is 1.35 bits per heavy atom. The largest absolute Gasteiger partial charge is 0.308 e. The van der Waals surface area contributed by atoms with Gasteiger partial charge in [0.25, 0.3) is 0 Å². The van der Waals surface area contributed by atoms with Crippen LogP contribution in [-0.2, 0) is 0 Å². The highest BCUT2D eigenvalue weighted by Crippen LogP contribution is 2.45. The first-order chi connectivity index (χ1) is 22.7. The second-order valence-electron chi connectivity index (χ2n) is 11.7. The highest BCUT2D eigenvalue weighted by molar-refractivity contribution is 7.26. The van der Waals surface area contributed by atoms with Crippen LogP contribution >= 0.6 is 22.7 Å². The van der Waals surface area contributed by atoms with Crippen molar-refractivity contribution >= 4 is 86.9 Å². The lowest BCUT2D eigenvalue weighted by Crippen LogP contribution is -1.93. The Labute approximate surface area is 275 Å². The molecule has 0 aliphatic carbocycles. The maximum atomic E-state index is 4.15. The van der Waals surface area contributed by atoms with Crippen molar-refractivity contribution in [1.29, 1.82) is 0 Å². The Morgan fingerprint density at radius 3 is 2.22 bits per heavy atom. The van der Waals surface area contributed by atoms with Crippen molar-refractivity contribution in [3.8, 4) is 27.9 Å². The molecule has 0 bridgehead atoms. The average Bonchev–Trinajstić information content (AvgIpc) is 3.77. The van der Waals surface area contributed by atoms with E-state index in [1.165, 1.54) is 90.4 Å². The van der Waals surface area contributed by atoms with Gasteiger partial charge in [-0.3, -0.25) is 0 Å². The number of thiophene rings is 2. The van der Waals surface area contributed by atoms with Gasteiger partial charge in [-0.25, -0.2) is 0 Å². The van der Waals surface area contributed by atoms with Crippen LogP contribution in [0.2, 0.25) is 0 Å². The van der Waals surface area contributed by atoms with Crippen molar-refractivity contribution in [1.82, 2.24) is 4.57 Å². The van der Waals surface area contributed by atoms with Gasteiger partial charge in [0.1, 0.15) is 0 Å². The molecule has 0 fully saturated rings. The number of nitrogens with zero attached hydrogens (tertiary/aromatic N) is 1. The fourth-order valence-electron chi connectivity index (χ4n) is 7.08. The van der Waals surface area contributed by atoms with E-state index in [0.717, 1.165) is 0 Å². The smallest absolute Gasteiger partial charge is 0.0640 e. The van der Waals surface area contributed by atoms with Crippen LogP contribution in [0.5, 0.6) is 0 Å². The van der Waals surface area contributed by atoms with Crippen LogP contribution < -0.4 is 0 Å². The minimum absolute atomic E-state index is 1.21.